The summed E-state index contributed by atoms with van der Waals surface area (Å²) >= 11 is 0. The van der Waals surface area contributed by atoms with Crippen LogP contribution in [-0.2, 0) is 4.74 Å². The van der Waals surface area contributed by atoms with Gasteiger partial charge in [-0.25, -0.2) is 0 Å². The number of hydrogen-bond donors (Lipinski definition) is 0. The van der Waals surface area contributed by atoms with Crippen LogP contribution in [0, 0.1) is 12.3 Å². The fourth-order valence-electron chi connectivity index (χ4n) is 4.29. The fraction of sp³-hybridized carbons (Fsp3) is 0.632. The zero-order valence-corrected chi connectivity index (χ0v) is 14.5. The van der Waals surface area contributed by atoms with Crippen molar-refractivity contribution in [2.45, 2.75) is 32.2 Å². The van der Waals surface area contributed by atoms with Crippen molar-refractivity contribution >= 4 is 5.91 Å². The van der Waals surface area contributed by atoms with Gasteiger partial charge in [0.05, 0.1) is 6.61 Å². The van der Waals surface area contributed by atoms with Crippen LogP contribution in [-0.4, -0.2) is 62.1 Å². The molecule has 126 valence electrons. The minimum Gasteiger partial charge on any atom is -0.383 e. The van der Waals surface area contributed by atoms with E-state index in [0.717, 1.165) is 50.2 Å². The number of aryl methyl sites for hydroxylation is 1. The van der Waals surface area contributed by atoms with Gasteiger partial charge in [-0.3, -0.25) is 4.79 Å². The van der Waals surface area contributed by atoms with Crippen molar-refractivity contribution in [3.8, 4) is 0 Å². The van der Waals surface area contributed by atoms with Gasteiger partial charge < -0.3 is 14.5 Å². The SMILES string of the molecule is COCC1CC2(CCN(C(=O)c3ccccc3C)CC2)CN1C. The lowest BCUT2D eigenvalue weighted by Crippen LogP contribution is -2.44. The predicted octanol–water partition coefficient (Wildman–Crippen LogP) is 2.57. The first-order chi connectivity index (χ1) is 11.0. The standard InChI is InChI=1S/C19H28N2O2/c1-15-6-4-5-7-17(15)18(22)21-10-8-19(9-11-21)12-16(13-23-3)20(2)14-19/h4-7,16H,8-14H2,1-3H3. The highest BCUT2D eigenvalue weighted by atomic mass is 16.5. The zero-order chi connectivity index (χ0) is 16.4. The number of likely N-dealkylation sites (tertiary alicyclic amines) is 2. The summed E-state index contributed by atoms with van der Waals surface area (Å²) in [5.74, 6) is 0.192. The smallest absolute Gasteiger partial charge is 0.254 e. The topological polar surface area (TPSA) is 32.8 Å². The molecule has 2 fully saturated rings. The van der Waals surface area contributed by atoms with Gasteiger partial charge in [-0.05, 0) is 50.3 Å². The Kier molecular flexibility index (Phi) is 4.74. The highest BCUT2D eigenvalue weighted by Gasteiger charge is 2.44. The quantitative estimate of drug-likeness (QED) is 0.859. The van der Waals surface area contributed by atoms with E-state index in [0.29, 0.717) is 11.5 Å². The fourth-order valence-corrected chi connectivity index (χ4v) is 4.29. The second-order valence-electron chi connectivity index (χ2n) is 7.34. The van der Waals surface area contributed by atoms with E-state index in [2.05, 4.69) is 11.9 Å². The number of amides is 1. The van der Waals surface area contributed by atoms with E-state index in [4.69, 9.17) is 4.74 Å². The van der Waals surface area contributed by atoms with E-state index in [9.17, 15) is 4.79 Å². The molecule has 0 aromatic heterocycles. The molecule has 23 heavy (non-hydrogen) atoms. The Morgan fingerprint density at radius 2 is 2.00 bits per heavy atom. The van der Waals surface area contributed by atoms with E-state index in [1.54, 1.807) is 7.11 Å². The monoisotopic (exact) mass is 316 g/mol. The first-order valence-corrected chi connectivity index (χ1v) is 8.59. The Morgan fingerprint density at radius 1 is 1.30 bits per heavy atom. The Morgan fingerprint density at radius 3 is 2.65 bits per heavy atom. The maximum Gasteiger partial charge on any atom is 0.254 e. The molecule has 0 aliphatic carbocycles. The number of rotatable bonds is 3. The average molecular weight is 316 g/mol. The minimum atomic E-state index is 0.192. The molecule has 4 heteroatoms. The summed E-state index contributed by atoms with van der Waals surface area (Å²) in [7, 11) is 3.98. The van der Waals surface area contributed by atoms with E-state index in [1.807, 2.05) is 36.1 Å². The summed E-state index contributed by atoms with van der Waals surface area (Å²) in [6.45, 7) is 5.71. The van der Waals surface area contributed by atoms with Crippen molar-refractivity contribution in [3.63, 3.8) is 0 Å². The third-order valence-corrected chi connectivity index (χ3v) is 5.72. The van der Waals surface area contributed by atoms with Crippen LogP contribution in [0.25, 0.3) is 0 Å². The largest absolute Gasteiger partial charge is 0.383 e. The molecular formula is C19H28N2O2. The molecule has 0 radical (unpaired) electrons. The number of nitrogens with zero attached hydrogens (tertiary/aromatic N) is 2. The molecule has 0 saturated carbocycles. The first kappa shape index (κ1) is 16.5. The van der Waals surface area contributed by atoms with E-state index < -0.39 is 0 Å². The molecule has 4 nitrogen and oxygen atoms in total. The number of likely N-dealkylation sites (N-methyl/N-ethyl adjacent to an activating group) is 1. The molecule has 0 N–H and O–H groups in total. The number of benzene rings is 1. The summed E-state index contributed by atoms with van der Waals surface area (Å²) in [4.78, 5) is 17.2. The third kappa shape index (κ3) is 3.29. The van der Waals surface area contributed by atoms with Crippen molar-refractivity contribution in [3.05, 3.63) is 35.4 Å². The van der Waals surface area contributed by atoms with E-state index >= 15 is 0 Å². The van der Waals surface area contributed by atoms with Gasteiger partial charge in [-0.1, -0.05) is 18.2 Å². The first-order valence-electron chi connectivity index (χ1n) is 8.59. The summed E-state index contributed by atoms with van der Waals surface area (Å²) in [5.41, 5.74) is 2.29. The predicted molar refractivity (Wildman–Crippen MR) is 91.7 cm³/mol. The molecular weight excluding hydrogens is 288 g/mol. The molecule has 1 amide bonds. The van der Waals surface area contributed by atoms with E-state index in [1.165, 1.54) is 6.42 Å². The molecule has 2 saturated heterocycles. The molecule has 3 rings (SSSR count). The van der Waals surface area contributed by atoms with Crippen LogP contribution < -0.4 is 0 Å². The van der Waals surface area contributed by atoms with Crippen LogP contribution >= 0.6 is 0 Å². The number of ether oxygens (including phenoxy) is 1. The number of carbonyl (C=O) groups excluding carboxylic acids is 1. The average Bonchev–Trinajstić information content (AvgIpc) is 2.84. The molecule has 2 aliphatic rings. The van der Waals surface area contributed by atoms with Gasteiger partial charge >= 0.3 is 0 Å². The number of methoxy groups -OCH3 is 1. The Balaban J connectivity index is 1.63. The molecule has 2 heterocycles. The Hall–Kier alpha value is -1.39. The maximum atomic E-state index is 12.8. The third-order valence-electron chi connectivity index (χ3n) is 5.72. The second kappa shape index (κ2) is 6.62. The summed E-state index contributed by atoms with van der Waals surface area (Å²) in [6.07, 6.45) is 3.41. The molecule has 1 aromatic carbocycles. The van der Waals surface area contributed by atoms with Crippen LogP contribution in [0.5, 0.6) is 0 Å². The van der Waals surface area contributed by atoms with Gasteiger partial charge in [0.1, 0.15) is 0 Å². The van der Waals surface area contributed by atoms with Crippen LogP contribution in [0.2, 0.25) is 0 Å². The summed E-state index contributed by atoms with van der Waals surface area (Å²) in [6, 6.07) is 8.42. The zero-order valence-electron chi connectivity index (χ0n) is 14.5. The lowest BCUT2D eigenvalue weighted by atomic mass is 9.76. The van der Waals surface area contributed by atoms with Crippen LogP contribution in [0.15, 0.2) is 24.3 Å². The minimum absolute atomic E-state index is 0.192. The molecule has 1 unspecified atom stereocenters. The number of hydrogen-bond acceptors (Lipinski definition) is 3. The molecule has 1 spiro atoms. The highest BCUT2D eigenvalue weighted by molar-refractivity contribution is 5.95. The van der Waals surface area contributed by atoms with Gasteiger partial charge in [-0.2, -0.15) is 0 Å². The van der Waals surface area contributed by atoms with Crippen LogP contribution in [0.4, 0.5) is 0 Å². The molecule has 2 aliphatic heterocycles. The van der Waals surface area contributed by atoms with E-state index in [-0.39, 0.29) is 5.91 Å². The van der Waals surface area contributed by atoms with Crippen molar-refractivity contribution in [1.29, 1.82) is 0 Å². The molecule has 0 bridgehead atoms. The second-order valence-corrected chi connectivity index (χ2v) is 7.34. The lowest BCUT2D eigenvalue weighted by Gasteiger charge is -2.39. The van der Waals surface area contributed by atoms with Crippen molar-refractivity contribution < 1.29 is 9.53 Å². The van der Waals surface area contributed by atoms with Gasteiger partial charge in [-0.15, -0.1) is 0 Å². The van der Waals surface area contributed by atoms with Gasteiger partial charge in [0.25, 0.3) is 5.91 Å². The summed E-state index contributed by atoms with van der Waals surface area (Å²) in [5, 5.41) is 0. The number of piperidine rings is 1. The van der Waals surface area contributed by atoms with Gasteiger partial charge in [0.15, 0.2) is 0 Å². The highest BCUT2D eigenvalue weighted by Crippen LogP contribution is 2.43. The molecule has 1 aromatic rings. The van der Waals surface area contributed by atoms with Crippen LogP contribution in [0.3, 0.4) is 0 Å². The maximum absolute atomic E-state index is 12.8. The van der Waals surface area contributed by atoms with Crippen LogP contribution in [0.1, 0.15) is 35.2 Å². The molecule has 1 atom stereocenters. The van der Waals surface area contributed by atoms with Gasteiger partial charge in [0, 0.05) is 38.3 Å². The number of carbonyl (C=O) groups is 1. The Bertz CT molecular complexity index is 564. The Labute approximate surface area is 139 Å². The lowest BCUT2D eigenvalue weighted by molar-refractivity contribution is 0.0591. The van der Waals surface area contributed by atoms with Crippen molar-refractivity contribution in [2.24, 2.45) is 5.41 Å². The normalized spacial score (nSPS) is 24.3. The van der Waals surface area contributed by atoms with Crippen molar-refractivity contribution in [2.75, 3.05) is 40.4 Å². The van der Waals surface area contributed by atoms with Gasteiger partial charge in [0.2, 0.25) is 0 Å². The van der Waals surface area contributed by atoms with Crippen molar-refractivity contribution in [1.82, 2.24) is 9.80 Å². The summed E-state index contributed by atoms with van der Waals surface area (Å²) < 4.78 is 5.35.